The molecule has 4 aromatic rings. The molecule has 0 fully saturated rings. The zero-order valence-electron chi connectivity index (χ0n) is 23.6. The van der Waals surface area contributed by atoms with Crippen molar-refractivity contribution in [3.8, 4) is 17.1 Å². The SMILES string of the molecule is COc1cc(NC(=O)C(=O)NC(C)(C)Cc2ccc(NC(=O)c3ccc(NC(C)=O)cc3)cc2)ccc1-c1cnco1. The second-order valence-corrected chi connectivity index (χ2v) is 10.2. The van der Waals surface area contributed by atoms with Crippen LogP contribution in [0.3, 0.4) is 0 Å². The number of nitrogens with zero attached hydrogens (tertiary/aromatic N) is 1. The van der Waals surface area contributed by atoms with Crippen LogP contribution in [0.15, 0.2) is 83.7 Å². The molecule has 11 heteroatoms. The lowest BCUT2D eigenvalue weighted by Gasteiger charge is -2.26. The highest BCUT2D eigenvalue weighted by atomic mass is 16.5. The van der Waals surface area contributed by atoms with Crippen LogP contribution in [0.1, 0.15) is 36.7 Å². The Morgan fingerprint density at radius 2 is 1.48 bits per heavy atom. The highest BCUT2D eigenvalue weighted by Crippen LogP contribution is 2.32. The van der Waals surface area contributed by atoms with Gasteiger partial charge in [0.1, 0.15) is 5.75 Å². The van der Waals surface area contributed by atoms with E-state index in [9.17, 15) is 19.2 Å². The minimum atomic E-state index is -0.819. The Morgan fingerprint density at radius 3 is 2.10 bits per heavy atom. The third-order valence-electron chi connectivity index (χ3n) is 6.14. The smallest absolute Gasteiger partial charge is 0.313 e. The fraction of sp³-hybridized carbons (Fsp3) is 0.194. The summed E-state index contributed by atoms with van der Waals surface area (Å²) in [6, 6.07) is 18.7. The molecule has 216 valence electrons. The van der Waals surface area contributed by atoms with Crippen LogP contribution in [0.5, 0.6) is 5.75 Å². The van der Waals surface area contributed by atoms with Crippen LogP contribution in [0.4, 0.5) is 17.1 Å². The fourth-order valence-electron chi connectivity index (χ4n) is 4.25. The summed E-state index contributed by atoms with van der Waals surface area (Å²) in [5.74, 6) is -1.13. The van der Waals surface area contributed by atoms with Crippen molar-refractivity contribution in [2.75, 3.05) is 23.1 Å². The van der Waals surface area contributed by atoms with Gasteiger partial charge in [0.05, 0.1) is 18.9 Å². The van der Waals surface area contributed by atoms with Gasteiger partial charge in [0, 0.05) is 41.2 Å². The second-order valence-electron chi connectivity index (χ2n) is 10.2. The van der Waals surface area contributed by atoms with Gasteiger partial charge in [0.15, 0.2) is 12.2 Å². The van der Waals surface area contributed by atoms with E-state index in [4.69, 9.17) is 9.15 Å². The van der Waals surface area contributed by atoms with Gasteiger partial charge in [-0.1, -0.05) is 12.1 Å². The summed E-state index contributed by atoms with van der Waals surface area (Å²) in [7, 11) is 1.49. The number of methoxy groups -OCH3 is 1. The Morgan fingerprint density at radius 1 is 0.833 bits per heavy atom. The maximum atomic E-state index is 12.7. The number of hydrogen-bond donors (Lipinski definition) is 4. The topological polar surface area (TPSA) is 152 Å². The summed E-state index contributed by atoms with van der Waals surface area (Å²) in [4.78, 5) is 53.0. The summed E-state index contributed by atoms with van der Waals surface area (Å²) in [5, 5.41) is 10.8. The minimum Gasteiger partial charge on any atom is -0.496 e. The van der Waals surface area contributed by atoms with Gasteiger partial charge in [-0.3, -0.25) is 19.2 Å². The molecule has 4 N–H and O–H groups in total. The van der Waals surface area contributed by atoms with Gasteiger partial charge in [0.25, 0.3) is 5.91 Å². The standard InChI is InChI=1S/C31H31N5O6/c1-19(37)33-22-11-7-21(8-12-22)28(38)34-23-9-5-20(6-10-23)16-31(2,3)36-30(40)29(39)35-24-13-14-25(26(15-24)41-4)27-17-32-18-42-27/h5-15,17-18H,16H2,1-4H3,(H,33,37)(H,34,38)(H,35,39)(H,36,40). The summed E-state index contributed by atoms with van der Waals surface area (Å²) < 4.78 is 10.7. The number of ether oxygens (including phenoxy) is 1. The molecule has 1 aromatic heterocycles. The molecule has 0 saturated heterocycles. The number of anilines is 3. The molecule has 11 nitrogen and oxygen atoms in total. The summed E-state index contributed by atoms with van der Waals surface area (Å²) in [6.07, 6.45) is 3.29. The van der Waals surface area contributed by atoms with Gasteiger partial charge in [0.2, 0.25) is 5.91 Å². The minimum absolute atomic E-state index is 0.190. The van der Waals surface area contributed by atoms with Crippen molar-refractivity contribution in [3.05, 3.63) is 90.4 Å². The highest BCUT2D eigenvalue weighted by molar-refractivity contribution is 6.39. The van der Waals surface area contributed by atoms with Crippen molar-refractivity contribution in [3.63, 3.8) is 0 Å². The molecule has 0 atom stereocenters. The number of amides is 4. The molecule has 0 spiro atoms. The normalized spacial score (nSPS) is 10.9. The first-order valence-electron chi connectivity index (χ1n) is 13.0. The van der Waals surface area contributed by atoms with Crippen LogP contribution in [0.25, 0.3) is 11.3 Å². The molecule has 0 aliphatic carbocycles. The maximum absolute atomic E-state index is 12.7. The molecule has 0 saturated carbocycles. The molecular weight excluding hydrogens is 538 g/mol. The quantitative estimate of drug-likeness (QED) is 0.214. The number of hydrogen-bond acceptors (Lipinski definition) is 7. The Kier molecular flexibility index (Phi) is 9.01. The average molecular weight is 570 g/mol. The van der Waals surface area contributed by atoms with Gasteiger partial charge in [-0.25, -0.2) is 4.98 Å². The Labute approximate surface area is 242 Å². The number of rotatable bonds is 9. The molecule has 0 aliphatic heterocycles. The van der Waals surface area contributed by atoms with Crippen LogP contribution in [0, 0.1) is 0 Å². The van der Waals surface area contributed by atoms with E-state index in [0.717, 1.165) is 5.56 Å². The van der Waals surface area contributed by atoms with Gasteiger partial charge in [-0.15, -0.1) is 0 Å². The molecule has 0 bridgehead atoms. The van der Waals surface area contributed by atoms with Crippen LogP contribution in [-0.4, -0.2) is 41.3 Å². The monoisotopic (exact) mass is 569 g/mol. The van der Waals surface area contributed by atoms with E-state index in [1.165, 1.54) is 20.4 Å². The largest absolute Gasteiger partial charge is 0.496 e. The van der Waals surface area contributed by atoms with Crippen molar-refractivity contribution in [2.24, 2.45) is 0 Å². The zero-order chi connectivity index (χ0) is 30.3. The maximum Gasteiger partial charge on any atom is 0.313 e. The Hall–Kier alpha value is -5.45. The molecule has 0 unspecified atom stereocenters. The molecule has 3 aromatic carbocycles. The average Bonchev–Trinajstić information content (AvgIpc) is 3.48. The molecule has 4 rings (SSSR count). The van der Waals surface area contributed by atoms with E-state index >= 15 is 0 Å². The van der Waals surface area contributed by atoms with E-state index in [0.29, 0.717) is 46.1 Å². The van der Waals surface area contributed by atoms with Crippen LogP contribution < -0.4 is 26.0 Å². The third kappa shape index (κ3) is 7.81. The van der Waals surface area contributed by atoms with Crippen molar-refractivity contribution in [1.82, 2.24) is 10.3 Å². The van der Waals surface area contributed by atoms with Crippen LogP contribution >= 0.6 is 0 Å². The lowest BCUT2D eigenvalue weighted by atomic mass is 9.94. The predicted octanol–water partition coefficient (Wildman–Crippen LogP) is 4.64. The molecule has 1 heterocycles. The van der Waals surface area contributed by atoms with Crippen LogP contribution in [-0.2, 0) is 20.8 Å². The molecule has 0 radical (unpaired) electrons. The molecular formula is C31H31N5O6. The summed E-state index contributed by atoms with van der Waals surface area (Å²) in [5.41, 5.74) is 2.83. The second kappa shape index (κ2) is 12.8. The third-order valence-corrected chi connectivity index (χ3v) is 6.14. The Bertz CT molecular complexity index is 1580. The first kappa shape index (κ1) is 29.5. The van der Waals surface area contributed by atoms with Crippen molar-refractivity contribution >= 4 is 40.7 Å². The number of aromatic nitrogens is 1. The number of oxazole rings is 1. The predicted molar refractivity (Wildman–Crippen MR) is 158 cm³/mol. The van der Waals surface area contributed by atoms with Crippen molar-refractivity contribution in [2.45, 2.75) is 32.7 Å². The van der Waals surface area contributed by atoms with Gasteiger partial charge < -0.3 is 30.4 Å². The first-order valence-corrected chi connectivity index (χ1v) is 13.0. The van der Waals surface area contributed by atoms with E-state index in [-0.39, 0.29) is 11.8 Å². The van der Waals surface area contributed by atoms with Crippen molar-refractivity contribution in [1.29, 1.82) is 0 Å². The number of benzene rings is 3. The van der Waals surface area contributed by atoms with E-state index < -0.39 is 17.4 Å². The lowest BCUT2D eigenvalue weighted by Crippen LogP contribution is -2.49. The first-order chi connectivity index (χ1) is 20.0. The fourth-order valence-corrected chi connectivity index (χ4v) is 4.25. The van der Waals surface area contributed by atoms with Gasteiger partial charge in [-0.2, -0.15) is 0 Å². The van der Waals surface area contributed by atoms with E-state index in [2.05, 4.69) is 26.3 Å². The summed E-state index contributed by atoms with van der Waals surface area (Å²) in [6.45, 7) is 5.04. The lowest BCUT2D eigenvalue weighted by molar-refractivity contribution is -0.137. The van der Waals surface area contributed by atoms with Gasteiger partial charge in [-0.05, 0) is 74.4 Å². The van der Waals surface area contributed by atoms with Crippen molar-refractivity contribution < 1.29 is 28.3 Å². The van der Waals surface area contributed by atoms with E-state index in [1.54, 1.807) is 60.8 Å². The molecule has 42 heavy (non-hydrogen) atoms. The number of carbonyl (C=O) groups is 4. The number of nitrogens with one attached hydrogen (secondary N) is 4. The van der Waals surface area contributed by atoms with Crippen LogP contribution in [0.2, 0.25) is 0 Å². The van der Waals surface area contributed by atoms with E-state index in [1.807, 2.05) is 26.0 Å². The highest BCUT2D eigenvalue weighted by Gasteiger charge is 2.25. The number of carbonyl (C=O) groups excluding carboxylic acids is 4. The molecule has 4 amide bonds. The molecule has 0 aliphatic rings. The Balaban J connectivity index is 1.31. The van der Waals surface area contributed by atoms with Gasteiger partial charge >= 0.3 is 11.8 Å². The zero-order valence-corrected chi connectivity index (χ0v) is 23.6. The summed E-state index contributed by atoms with van der Waals surface area (Å²) >= 11 is 0.